The van der Waals surface area contributed by atoms with Gasteiger partial charge in [-0.3, -0.25) is 4.79 Å². The van der Waals surface area contributed by atoms with E-state index < -0.39 is 29.5 Å². The third kappa shape index (κ3) is 1.81. The summed E-state index contributed by atoms with van der Waals surface area (Å²) < 4.78 is 16.4. The zero-order valence-electron chi connectivity index (χ0n) is 13.2. The van der Waals surface area contributed by atoms with Gasteiger partial charge in [-0.25, -0.2) is 0 Å². The molecule has 3 heterocycles. The topological polar surface area (TPSA) is 88.1 Å². The molecule has 24 heavy (non-hydrogen) atoms. The summed E-state index contributed by atoms with van der Waals surface area (Å²) in [5.74, 6) is -2.21. The Morgan fingerprint density at radius 2 is 2.17 bits per heavy atom. The molecule has 2 saturated heterocycles. The van der Waals surface area contributed by atoms with Crippen molar-refractivity contribution in [3.8, 4) is 11.5 Å². The van der Waals surface area contributed by atoms with Crippen LogP contribution in [0.4, 0.5) is 5.69 Å². The standard InChI is InChI=1S/C17H17NO6/c1-22-9-3-4-10(12(7-9)23-2)18-8-17-6-5-11(24-17)13(16(20)21)14(17)15(18)19/h3-7,11,13-14H,8H2,1-2H3,(H,20,21)/p-1/t11-,13+,14+,17+/m0/s1. The van der Waals surface area contributed by atoms with Crippen LogP contribution in [0.25, 0.3) is 0 Å². The van der Waals surface area contributed by atoms with Crippen LogP contribution in [0.3, 0.4) is 0 Å². The minimum Gasteiger partial charge on any atom is -0.550 e. The number of carboxylic acids is 1. The summed E-state index contributed by atoms with van der Waals surface area (Å²) in [6, 6.07) is 5.12. The number of rotatable bonds is 4. The van der Waals surface area contributed by atoms with E-state index in [-0.39, 0.29) is 12.5 Å². The first-order chi connectivity index (χ1) is 11.5. The fourth-order valence-electron chi connectivity index (χ4n) is 3.98. The monoisotopic (exact) mass is 330 g/mol. The van der Waals surface area contributed by atoms with Gasteiger partial charge < -0.3 is 29.0 Å². The van der Waals surface area contributed by atoms with E-state index in [0.29, 0.717) is 17.2 Å². The highest BCUT2D eigenvalue weighted by molar-refractivity contribution is 6.03. The van der Waals surface area contributed by atoms with E-state index >= 15 is 0 Å². The second kappa shape index (κ2) is 4.98. The number of nitrogens with zero attached hydrogens (tertiary/aromatic N) is 1. The molecule has 1 spiro atoms. The lowest BCUT2D eigenvalue weighted by Crippen LogP contribution is -2.45. The highest BCUT2D eigenvalue weighted by Crippen LogP contribution is 2.53. The molecule has 1 amide bonds. The Morgan fingerprint density at radius 1 is 1.38 bits per heavy atom. The lowest BCUT2D eigenvalue weighted by molar-refractivity contribution is -0.313. The van der Waals surface area contributed by atoms with E-state index in [1.54, 1.807) is 37.5 Å². The molecule has 0 N–H and O–H groups in total. The van der Waals surface area contributed by atoms with Gasteiger partial charge in [-0.1, -0.05) is 12.2 Å². The molecule has 4 atom stereocenters. The quantitative estimate of drug-likeness (QED) is 0.707. The molecule has 1 aromatic rings. The van der Waals surface area contributed by atoms with Crippen LogP contribution in [0, 0.1) is 11.8 Å². The molecular weight excluding hydrogens is 314 g/mol. The minimum atomic E-state index is -1.26. The second-order valence-corrected chi connectivity index (χ2v) is 6.18. The zero-order chi connectivity index (χ0) is 17.1. The highest BCUT2D eigenvalue weighted by atomic mass is 16.5. The van der Waals surface area contributed by atoms with Crippen molar-refractivity contribution in [3.63, 3.8) is 0 Å². The summed E-state index contributed by atoms with van der Waals surface area (Å²) in [4.78, 5) is 26.0. The van der Waals surface area contributed by atoms with E-state index in [1.807, 2.05) is 0 Å². The van der Waals surface area contributed by atoms with Crippen molar-refractivity contribution in [1.82, 2.24) is 0 Å². The molecule has 4 rings (SSSR count). The minimum absolute atomic E-state index is 0.246. The van der Waals surface area contributed by atoms with Crippen molar-refractivity contribution < 1.29 is 28.9 Å². The number of ether oxygens (including phenoxy) is 3. The first-order valence-corrected chi connectivity index (χ1v) is 7.62. The van der Waals surface area contributed by atoms with Crippen LogP contribution in [0.5, 0.6) is 11.5 Å². The molecule has 2 fully saturated rings. The van der Waals surface area contributed by atoms with Crippen LogP contribution in [-0.2, 0) is 14.3 Å². The molecule has 0 radical (unpaired) electrons. The van der Waals surface area contributed by atoms with Gasteiger partial charge in [0, 0.05) is 18.0 Å². The second-order valence-electron chi connectivity index (χ2n) is 6.18. The van der Waals surface area contributed by atoms with Crippen LogP contribution >= 0.6 is 0 Å². The van der Waals surface area contributed by atoms with E-state index in [9.17, 15) is 14.7 Å². The maximum Gasteiger partial charge on any atom is 0.234 e. The molecule has 0 aliphatic carbocycles. The Morgan fingerprint density at radius 3 is 2.83 bits per heavy atom. The van der Waals surface area contributed by atoms with Gasteiger partial charge in [0.05, 0.1) is 38.5 Å². The summed E-state index contributed by atoms with van der Waals surface area (Å²) in [5.41, 5.74) is -0.345. The molecule has 3 aliphatic heterocycles. The van der Waals surface area contributed by atoms with Crippen LogP contribution in [0.1, 0.15) is 0 Å². The van der Waals surface area contributed by atoms with Crippen LogP contribution in [0.2, 0.25) is 0 Å². The van der Waals surface area contributed by atoms with E-state index in [2.05, 4.69) is 0 Å². The van der Waals surface area contributed by atoms with Crippen molar-refractivity contribution in [3.05, 3.63) is 30.4 Å². The summed E-state index contributed by atoms with van der Waals surface area (Å²) >= 11 is 0. The predicted molar refractivity (Wildman–Crippen MR) is 80.6 cm³/mol. The summed E-state index contributed by atoms with van der Waals surface area (Å²) in [7, 11) is 3.05. The SMILES string of the molecule is COc1ccc(N2C[C@@]34C=C[C@H](O3)[C@@H](C(=O)[O-])[C@@H]4C2=O)c(OC)c1. The van der Waals surface area contributed by atoms with Crippen LogP contribution < -0.4 is 19.5 Å². The lowest BCUT2D eigenvalue weighted by atomic mass is 9.77. The van der Waals surface area contributed by atoms with Gasteiger partial charge in [-0.15, -0.1) is 0 Å². The van der Waals surface area contributed by atoms with E-state index in [4.69, 9.17) is 14.2 Å². The number of amides is 1. The number of benzene rings is 1. The van der Waals surface area contributed by atoms with Crippen molar-refractivity contribution in [2.75, 3.05) is 25.7 Å². The van der Waals surface area contributed by atoms with Gasteiger partial charge in [0.1, 0.15) is 17.1 Å². The highest BCUT2D eigenvalue weighted by Gasteiger charge is 2.65. The number of methoxy groups -OCH3 is 2. The normalized spacial score (nSPS) is 33.0. The molecular formula is C17H16NO6-. The molecule has 3 aliphatic rings. The molecule has 1 aromatic carbocycles. The molecule has 0 unspecified atom stereocenters. The average Bonchev–Trinajstić information content (AvgIpc) is 3.22. The molecule has 7 heteroatoms. The van der Waals surface area contributed by atoms with Gasteiger partial charge >= 0.3 is 0 Å². The number of anilines is 1. The molecule has 126 valence electrons. The third-order valence-electron chi connectivity index (χ3n) is 5.05. The van der Waals surface area contributed by atoms with Crippen molar-refractivity contribution >= 4 is 17.6 Å². The van der Waals surface area contributed by atoms with Crippen LogP contribution in [-0.4, -0.2) is 44.3 Å². The Kier molecular flexibility index (Phi) is 3.11. The number of carboxylic acid groups (broad SMARTS) is 1. The summed E-state index contributed by atoms with van der Waals surface area (Å²) in [5, 5.41) is 11.5. The number of hydrogen-bond acceptors (Lipinski definition) is 6. The summed E-state index contributed by atoms with van der Waals surface area (Å²) in [6.07, 6.45) is 2.91. The maximum absolute atomic E-state index is 12.9. The third-order valence-corrected chi connectivity index (χ3v) is 5.05. The zero-order valence-corrected chi connectivity index (χ0v) is 13.2. The van der Waals surface area contributed by atoms with Crippen molar-refractivity contribution in [2.24, 2.45) is 11.8 Å². The van der Waals surface area contributed by atoms with Gasteiger partial charge in [-0.2, -0.15) is 0 Å². The maximum atomic E-state index is 12.9. The van der Waals surface area contributed by atoms with Gasteiger partial charge in [0.25, 0.3) is 0 Å². The first kappa shape index (κ1) is 15.0. The molecule has 0 saturated carbocycles. The first-order valence-electron chi connectivity index (χ1n) is 7.62. The molecule has 7 nitrogen and oxygen atoms in total. The predicted octanol–water partition coefficient (Wildman–Crippen LogP) is -0.260. The summed E-state index contributed by atoms with van der Waals surface area (Å²) in [6.45, 7) is 0.246. The number of carbonyl (C=O) groups excluding carboxylic acids is 2. The largest absolute Gasteiger partial charge is 0.550 e. The Bertz CT molecular complexity index is 759. The fraction of sp³-hybridized carbons (Fsp3) is 0.412. The van der Waals surface area contributed by atoms with Crippen LogP contribution in [0.15, 0.2) is 30.4 Å². The van der Waals surface area contributed by atoms with E-state index in [0.717, 1.165) is 0 Å². The lowest BCUT2D eigenvalue weighted by Gasteiger charge is -2.24. The smallest absolute Gasteiger partial charge is 0.234 e. The van der Waals surface area contributed by atoms with Crippen molar-refractivity contribution in [1.29, 1.82) is 0 Å². The number of aliphatic carboxylic acids is 1. The number of carbonyl (C=O) groups is 2. The molecule has 2 bridgehead atoms. The average molecular weight is 330 g/mol. The Labute approximate surface area is 138 Å². The number of hydrogen-bond donors (Lipinski definition) is 0. The fourth-order valence-corrected chi connectivity index (χ4v) is 3.98. The van der Waals surface area contributed by atoms with E-state index in [1.165, 1.54) is 12.0 Å². The Balaban J connectivity index is 1.74. The van der Waals surface area contributed by atoms with Gasteiger partial charge in [-0.05, 0) is 12.1 Å². The van der Waals surface area contributed by atoms with Crippen molar-refractivity contribution in [2.45, 2.75) is 11.7 Å². The van der Waals surface area contributed by atoms with Gasteiger partial charge in [0.15, 0.2) is 0 Å². The molecule has 0 aromatic heterocycles. The Hall–Kier alpha value is -2.54. The van der Waals surface area contributed by atoms with Gasteiger partial charge in [0.2, 0.25) is 5.91 Å². The number of fused-ring (bicyclic) bond motifs is 1.